The molecule has 2 aromatic heterocycles. The van der Waals surface area contributed by atoms with Crippen molar-refractivity contribution < 1.29 is 0 Å². The van der Waals surface area contributed by atoms with E-state index < -0.39 is 0 Å². The first kappa shape index (κ1) is 24.7. The molecule has 0 amide bonds. The van der Waals surface area contributed by atoms with E-state index in [1.54, 1.807) is 0 Å². The SMILES string of the molecule is CC(C)(C)c1nc(Cc2ccc3c4c(nc(C(C)(C)C)nc24)-c2ccccc2C3(C)C)c2ccccc2n1. The van der Waals surface area contributed by atoms with E-state index in [-0.39, 0.29) is 16.2 Å². The first-order chi connectivity index (χ1) is 17.9. The summed E-state index contributed by atoms with van der Waals surface area (Å²) in [6.07, 6.45) is 0.686. The Morgan fingerprint density at radius 2 is 1.32 bits per heavy atom. The van der Waals surface area contributed by atoms with Gasteiger partial charge in [0.2, 0.25) is 0 Å². The molecule has 6 rings (SSSR count). The van der Waals surface area contributed by atoms with E-state index in [0.717, 1.165) is 39.5 Å². The molecule has 0 unspecified atom stereocenters. The quantitative estimate of drug-likeness (QED) is 0.246. The maximum absolute atomic E-state index is 5.28. The number of hydrogen-bond acceptors (Lipinski definition) is 4. The molecule has 0 spiro atoms. The molecular weight excluding hydrogens is 464 g/mol. The van der Waals surface area contributed by atoms with Gasteiger partial charge in [-0.05, 0) is 22.8 Å². The maximum atomic E-state index is 5.28. The zero-order valence-electron chi connectivity index (χ0n) is 23.8. The molecule has 1 aliphatic carbocycles. The van der Waals surface area contributed by atoms with E-state index >= 15 is 0 Å². The van der Waals surface area contributed by atoms with E-state index in [4.69, 9.17) is 19.9 Å². The third-order valence-corrected chi connectivity index (χ3v) is 7.84. The third-order valence-electron chi connectivity index (χ3n) is 7.84. The van der Waals surface area contributed by atoms with Crippen molar-refractivity contribution in [2.75, 3.05) is 0 Å². The van der Waals surface area contributed by atoms with Crippen molar-refractivity contribution in [2.24, 2.45) is 0 Å². The lowest BCUT2D eigenvalue weighted by molar-refractivity contribution is 0.545. The summed E-state index contributed by atoms with van der Waals surface area (Å²) in [5.41, 5.74) is 8.65. The van der Waals surface area contributed by atoms with Gasteiger partial charge in [0.25, 0.3) is 0 Å². The Hall–Kier alpha value is -3.66. The summed E-state index contributed by atoms with van der Waals surface area (Å²) in [6, 6.07) is 21.6. The Morgan fingerprint density at radius 1 is 0.658 bits per heavy atom. The van der Waals surface area contributed by atoms with Crippen LogP contribution < -0.4 is 0 Å². The van der Waals surface area contributed by atoms with Crippen LogP contribution in [-0.4, -0.2) is 19.9 Å². The van der Waals surface area contributed by atoms with Crippen LogP contribution in [0.15, 0.2) is 60.7 Å². The predicted molar refractivity (Wildman–Crippen MR) is 157 cm³/mol. The number of fused-ring (bicyclic) bond motifs is 3. The standard InChI is InChI=1S/C34H36N4/c1-32(2,3)30-35-25-16-12-10-14-22(25)26(36-30)19-20-17-18-24-27-28(20)37-31(33(4,5)6)38-29(27)21-13-9-11-15-23(21)34(24,7)8/h9-18H,19H2,1-8H3. The Balaban J connectivity index is 1.66. The number of rotatable bonds is 2. The van der Waals surface area contributed by atoms with Crippen molar-refractivity contribution in [3.8, 4) is 11.3 Å². The van der Waals surface area contributed by atoms with Crippen LogP contribution in [0.2, 0.25) is 0 Å². The molecule has 0 saturated heterocycles. The molecular formula is C34H36N4. The fourth-order valence-electron chi connectivity index (χ4n) is 5.66. The maximum Gasteiger partial charge on any atom is 0.135 e. The van der Waals surface area contributed by atoms with Gasteiger partial charge in [0.15, 0.2) is 0 Å². The van der Waals surface area contributed by atoms with E-state index in [0.29, 0.717) is 6.42 Å². The lowest BCUT2D eigenvalue weighted by atomic mass is 9.69. The molecule has 0 atom stereocenters. The number of aromatic nitrogens is 4. The Kier molecular flexibility index (Phi) is 5.30. The van der Waals surface area contributed by atoms with Crippen LogP contribution in [0.25, 0.3) is 33.1 Å². The molecule has 5 aromatic rings. The molecule has 0 radical (unpaired) electrons. The van der Waals surface area contributed by atoms with Crippen LogP contribution in [0.3, 0.4) is 0 Å². The minimum atomic E-state index is -0.180. The van der Waals surface area contributed by atoms with Gasteiger partial charge in [-0.15, -0.1) is 0 Å². The summed E-state index contributed by atoms with van der Waals surface area (Å²) < 4.78 is 0. The summed E-state index contributed by atoms with van der Waals surface area (Å²) in [5, 5.41) is 2.27. The van der Waals surface area contributed by atoms with Crippen molar-refractivity contribution >= 4 is 21.8 Å². The molecule has 4 heteroatoms. The lowest BCUT2D eigenvalue weighted by Crippen LogP contribution is -2.26. The Bertz CT molecular complexity index is 1730. The highest BCUT2D eigenvalue weighted by Crippen LogP contribution is 2.48. The minimum Gasteiger partial charge on any atom is -0.236 e. The zero-order chi connectivity index (χ0) is 27.0. The Morgan fingerprint density at radius 3 is 2.05 bits per heavy atom. The average Bonchev–Trinajstić information content (AvgIpc) is 2.86. The molecule has 1 aliphatic rings. The highest BCUT2D eigenvalue weighted by Gasteiger charge is 2.36. The van der Waals surface area contributed by atoms with Crippen LogP contribution in [-0.2, 0) is 22.7 Å². The fraction of sp³-hybridized carbons (Fsp3) is 0.353. The number of para-hydroxylation sites is 1. The molecule has 0 aliphatic heterocycles. The molecule has 3 aromatic carbocycles. The summed E-state index contributed by atoms with van der Waals surface area (Å²) in [4.78, 5) is 20.5. The van der Waals surface area contributed by atoms with Gasteiger partial charge in [0, 0.05) is 39.0 Å². The summed E-state index contributed by atoms with van der Waals surface area (Å²) in [7, 11) is 0. The number of hydrogen-bond donors (Lipinski definition) is 0. The van der Waals surface area contributed by atoms with Gasteiger partial charge in [0.05, 0.1) is 22.4 Å². The van der Waals surface area contributed by atoms with Crippen molar-refractivity contribution in [3.63, 3.8) is 0 Å². The second-order valence-corrected chi connectivity index (χ2v) is 13.3. The average molecular weight is 501 g/mol. The van der Waals surface area contributed by atoms with Crippen molar-refractivity contribution in [1.82, 2.24) is 19.9 Å². The van der Waals surface area contributed by atoms with Gasteiger partial charge in [-0.2, -0.15) is 0 Å². The summed E-state index contributed by atoms with van der Waals surface area (Å²) in [6.45, 7) is 17.7. The van der Waals surface area contributed by atoms with Crippen LogP contribution in [0, 0.1) is 0 Å². The second kappa shape index (κ2) is 8.17. The zero-order valence-corrected chi connectivity index (χ0v) is 23.8. The van der Waals surface area contributed by atoms with Gasteiger partial charge in [-0.25, -0.2) is 19.9 Å². The van der Waals surface area contributed by atoms with E-state index in [1.165, 1.54) is 27.6 Å². The van der Waals surface area contributed by atoms with Crippen molar-refractivity contribution in [2.45, 2.75) is 78.1 Å². The first-order valence-corrected chi connectivity index (χ1v) is 13.6. The van der Waals surface area contributed by atoms with E-state index in [2.05, 4.69) is 116 Å². The largest absolute Gasteiger partial charge is 0.236 e. The molecule has 0 fully saturated rings. The smallest absolute Gasteiger partial charge is 0.135 e. The van der Waals surface area contributed by atoms with Gasteiger partial charge in [0.1, 0.15) is 11.6 Å². The van der Waals surface area contributed by atoms with E-state index in [1.807, 2.05) is 0 Å². The van der Waals surface area contributed by atoms with Gasteiger partial charge in [-0.1, -0.05) is 110 Å². The van der Waals surface area contributed by atoms with Crippen LogP contribution in [0.1, 0.15) is 89.4 Å². The third kappa shape index (κ3) is 3.81. The van der Waals surface area contributed by atoms with Gasteiger partial charge in [-0.3, -0.25) is 0 Å². The molecule has 0 saturated carbocycles. The lowest BCUT2D eigenvalue weighted by Gasteiger charge is -2.35. The topological polar surface area (TPSA) is 51.6 Å². The van der Waals surface area contributed by atoms with Gasteiger partial charge < -0.3 is 0 Å². The predicted octanol–water partition coefficient (Wildman–Crippen LogP) is 8.07. The summed E-state index contributed by atoms with van der Waals surface area (Å²) in [5.74, 6) is 1.74. The fourth-order valence-corrected chi connectivity index (χ4v) is 5.66. The molecule has 0 N–H and O–H groups in total. The van der Waals surface area contributed by atoms with Crippen LogP contribution in [0.5, 0.6) is 0 Å². The highest BCUT2D eigenvalue weighted by molar-refractivity contribution is 6.01. The summed E-state index contributed by atoms with van der Waals surface area (Å²) >= 11 is 0. The molecule has 192 valence electrons. The normalized spacial score (nSPS) is 14.6. The van der Waals surface area contributed by atoms with Crippen LogP contribution in [0.4, 0.5) is 0 Å². The monoisotopic (exact) mass is 500 g/mol. The second-order valence-electron chi connectivity index (χ2n) is 13.3. The Labute approximate surface area is 225 Å². The molecule has 38 heavy (non-hydrogen) atoms. The molecule has 2 heterocycles. The molecule has 4 nitrogen and oxygen atoms in total. The number of benzene rings is 3. The van der Waals surface area contributed by atoms with Gasteiger partial charge >= 0.3 is 0 Å². The molecule has 0 bridgehead atoms. The van der Waals surface area contributed by atoms with Crippen molar-refractivity contribution in [1.29, 1.82) is 0 Å². The minimum absolute atomic E-state index is 0.145. The van der Waals surface area contributed by atoms with E-state index in [9.17, 15) is 0 Å². The van der Waals surface area contributed by atoms with Crippen LogP contribution >= 0.6 is 0 Å². The first-order valence-electron chi connectivity index (χ1n) is 13.6. The highest BCUT2D eigenvalue weighted by atomic mass is 14.9. The number of nitrogens with zero attached hydrogens (tertiary/aromatic N) is 4. The van der Waals surface area contributed by atoms with Crippen molar-refractivity contribution in [3.05, 3.63) is 94.7 Å².